The zero-order valence-electron chi connectivity index (χ0n) is 20.3. The molecule has 0 radical (unpaired) electrons. The van der Waals surface area contributed by atoms with Crippen LogP contribution in [0.2, 0.25) is 0 Å². The number of ether oxygens (including phenoxy) is 2. The molecule has 0 atom stereocenters. The number of carbonyl (C=O) groups is 1. The molecule has 0 saturated carbocycles. The Balaban J connectivity index is 1.65. The fourth-order valence-corrected chi connectivity index (χ4v) is 4.45. The van der Waals surface area contributed by atoms with Crippen LogP contribution < -0.4 is 19.1 Å². The number of hydrazone groups is 1. The van der Waals surface area contributed by atoms with Crippen molar-refractivity contribution in [3.8, 4) is 17.2 Å². The second kappa shape index (κ2) is 11.1. The van der Waals surface area contributed by atoms with Crippen LogP contribution in [-0.2, 0) is 14.9 Å². The molecule has 184 valence electrons. The van der Waals surface area contributed by atoms with E-state index >= 15 is 0 Å². The van der Waals surface area contributed by atoms with Gasteiger partial charge >= 0.3 is 10.1 Å². The van der Waals surface area contributed by atoms with Gasteiger partial charge in [0.25, 0.3) is 5.91 Å². The van der Waals surface area contributed by atoms with Crippen LogP contribution in [0.25, 0.3) is 0 Å². The zero-order chi connectivity index (χ0) is 25.6. The maximum Gasteiger partial charge on any atom is 0.339 e. The van der Waals surface area contributed by atoms with Gasteiger partial charge in [0.15, 0.2) is 18.1 Å². The molecule has 0 fully saturated rings. The second-order valence-corrected chi connectivity index (χ2v) is 9.58. The molecule has 3 aromatic rings. The summed E-state index contributed by atoms with van der Waals surface area (Å²) in [5.74, 6) is 0.456. The van der Waals surface area contributed by atoms with E-state index < -0.39 is 16.0 Å². The predicted molar refractivity (Wildman–Crippen MR) is 134 cm³/mol. The van der Waals surface area contributed by atoms with Crippen LogP contribution in [0.1, 0.15) is 27.8 Å². The van der Waals surface area contributed by atoms with Gasteiger partial charge in [0, 0.05) is 0 Å². The first kappa shape index (κ1) is 25.8. The topological polar surface area (TPSA) is 103 Å². The first-order valence-electron chi connectivity index (χ1n) is 10.8. The molecule has 0 saturated heterocycles. The van der Waals surface area contributed by atoms with E-state index in [4.69, 9.17) is 13.7 Å². The van der Waals surface area contributed by atoms with Crippen molar-refractivity contribution in [3.05, 3.63) is 82.4 Å². The number of nitrogens with one attached hydrogen (secondary N) is 1. The van der Waals surface area contributed by atoms with E-state index in [0.29, 0.717) is 16.9 Å². The summed E-state index contributed by atoms with van der Waals surface area (Å²) in [6.07, 6.45) is 1.40. The van der Waals surface area contributed by atoms with Crippen molar-refractivity contribution >= 4 is 22.2 Å². The molecule has 0 aliphatic heterocycles. The van der Waals surface area contributed by atoms with Gasteiger partial charge in [0.2, 0.25) is 0 Å². The van der Waals surface area contributed by atoms with Crippen LogP contribution in [0.15, 0.2) is 64.6 Å². The fraction of sp³-hybridized carbons (Fsp3) is 0.231. The minimum Gasteiger partial charge on any atom is -0.493 e. The molecule has 0 spiro atoms. The minimum absolute atomic E-state index is 0.0384. The number of benzene rings is 3. The van der Waals surface area contributed by atoms with Gasteiger partial charge < -0.3 is 13.7 Å². The van der Waals surface area contributed by atoms with E-state index in [2.05, 4.69) is 10.5 Å². The molecule has 1 N–H and O–H groups in total. The standard InChI is InChI=1S/C26H28N2O6S/c1-17-6-8-19(3)23(12-17)33-16-26(29)28-27-15-21-10-11-22(24(14-21)32-5)34-35(30,31)25-13-18(2)7-9-20(25)4/h6-15H,16H2,1-5H3,(H,28,29). The lowest BCUT2D eigenvalue weighted by Gasteiger charge is -2.13. The van der Waals surface area contributed by atoms with Gasteiger partial charge in [0.1, 0.15) is 10.6 Å². The normalized spacial score (nSPS) is 11.3. The quantitative estimate of drug-likeness (QED) is 0.270. The van der Waals surface area contributed by atoms with Crippen LogP contribution in [0.4, 0.5) is 0 Å². The fourth-order valence-electron chi connectivity index (χ4n) is 3.19. The van der Waals surface area contributed by atoms with Crippen molar-refractivity contribution in [2.24, 2.45) is 5.10 Å². The molecule has 0 aromatic heterocycles. The molecule has 0 bridgehead atoms. The molecule has 0 aliphatic carbocycles. The molecule has 3 rings (SSSR count). The first-order valence-corrected chi connectivity index (χ1v) is 12.2. The van der Waals surface area contributed by atoms with E-state index in [1.807, 2.05) is 45.0 Å². The van der Waals surface area contributed by atoms with E-state index in [-0.39, 0.29) is 23.0 Å². The summed E-state index contributed by atoms with van der Waals surface area (Å²) < 4.78 is 41.8. The summed E-state index contributed by atoms with van der Waals surface area (Å²) in [4.78, 5) is 12.2. The van der Waals surface area contributed by atoms with Gasteiger partial charge in [-0.3, -0.25) is 4.79 Å². The highest BCUT2D eigenvalue weighted by Gasteiger charge is 2.21. The Kier molecular flexibility index (Phi) is 8.14. The Morgan fingerprint density at radius 3 is 2.29 bits per heavy atom. The third kappa shape index (κ3) is 6.83. The average molecular weight is 497 g/mol. The Bertz CT molecular complexity index is 1370. The van der Waals surface area contributed by atoms with Crippen molar-refractivity contribution in [1.82, 2.24) is 5.43 Å². The minimum atomic E-state index is -4.06. The van der Waals surface area contributed by atoms with Gasteiger partial charge in [-0.15, -0.1) is 0 Å². The first-order chi connectivity index (χ1) is 16.6. The number of carbonyl (C=O) groups excluding carboxylic acids is 1. The smallest absolute Gasteiger partial charge is 0.339 e. The summed E-state index contributed by atoms with van der Waals surface area (Å²) in [5.41, 5.74) is 6.31. The molecular weight excluding hydrogens is 468 g/mol. The van der Waals surface area contributed by atoms with E-state index in [0.717, 1.165) is 16.7 Å². The number of hydrogen-bond donors (Lipinski definition) is 1. The van der Waals surface area contributed by atoms with Crippen molar-refractivity contribution in [2.45, 2.75) is 32.6 Å². The Labute approximate surface area is 205 Å². The SMILES string of the molecule is COc1cc(C=NNC(=O)COc2cc(C)ccc2C)ccc1OS(=O)(=O)c1cc(C)ccc1C. The second-order valence-electron chi connectivity index (χ2n) is 8.07. The van der Waals surface area contributed by atoms with Crippen LogP contribution in [0.3, 0.4) is 0 Å². The molecule has 1 amide bonds. The summed E-state index contributed by atoms with van der Waals surface area (Å²) in [6, 6.07) is 15.5. The van der Waals surface area contributed by atoms with Gasteiger partial charge in [0.05, 0.1) is 13.3 Å². The number of aryl methyl sites for hydroxylation is 4. The highest BCUT2D eigenvalue weighted by Crippen LogP contribution is 2.31. The number of nitrogens with zero attached hydrogens (tertiary/aromatic N) is 1. The summed E-state index contributed by atoms with van der Waals surface area (Å²) in [7, 11) is -2.66. The molecule has 8 nitrogen and oxygen atoms in total. The molecule has 3 aromatic carbocycles. The van der Waals surface area contributed by atoms with Crippen molar-refractivity contribution in [1.29, 1.82) is 0 Å². The van der Waals surface area contributed by atoms with E-state index in [1.165, 1.54) is 19.4 Å². The van der Waals surface area contributed by atoms with Gasteiger partial charge in [-0.1, -0.05) is 24.3 Å². The third-order valence-corrected chi connectivity index (χ3v) is 6.48. The Hall–Kier alpha value is -3.85. The predicted octanol–water partition coefficient (Wildman–Crippen LogP) is 4.23. The van der Waals surface area contributed by atoms with Crippen molar-refractivity contribution < 1.29 is 26.9 Å². The molecule has 35 heavy (non-hydrogen) atoms. The summed E-state index contributed by atoms with van der Waals surface area (Å²) in [6.45, 7) is 7.17. The highest BCUT2D eigenvalue weighted by atomic mass is 32.2. The molecule has 0 aliphatic rings. The molecular formula is C26H28N2O6S. The van der Waals surface area contributed by atoms with Gasteiger partial charge in [-0.05, 0) is 85.8 Å². The lowest BCUT2D eigenvalue weighted by Crippen LogP contribution is -2.24. The summed E-state index contributed by atoms with van der Waals surface area (Å²) in [5, 5.41) is 3.92. The lowest BCUT2D eigenvalue weighted by molar-refractivity contribution is -0.123. The summed E-state index contributed by atoms with van der Waals surface area (Å²) >= 11 is 0. The van der Waals surface area contributed by atoms with Crippen LogP contribution >= 0.6 is 0 Å². The van der Waals surface area contributed by atoms with Gasteiger partial charge in [-0.2, -0.15) is 13.5 Å². The van der Waals surface area contributed by atoms with Gasteiger partial charge in [-0.25, -0.2) is 5.43 Å². The zero-order valence-corrected chi connectivity index (χ0v) is 21.1. The van der Waals surface area contributed by atoms with Crippen LogP contribution in [-0.4, -0.2) is 34.3 Å². The van der Waals surface area contributed by atoms with Crippen molar-refractivity contribution in [3.63, 3.8) is 0 Å². The van der Waals surface area contributed by atoms with Crippen molar-refractivity contribution in [2.75, 3.05) is 13.7 Å². The Morgan fingerprint density at radius 2 is 1.57 bits per heavy atom. The molecule has 0 heterocycles. The maximum absolute atomic E-state index is 12.8. The lowest BCUT2D eigenvalue weighted by atomic mass is 10.1. The number of amides is 1. The van der Waals surface area contributed by atoms with Crippen LogP contribution in [0, 0.1) is 27.7 Å². The number of hydrogen-bond acceptors (Lipinski definition) is 7. The maximum atomic E-state index is 12.8. The number of methoxy groups -OCH3 is 1. The Morgan fingerprint density at radius 1 is 0.886 bits per heavy atom. The molecule has 0 unspecified atom stereocenters. The van der Waals surface area contributed by atoms with E-state index in [9.17, 15) is 13.2 Å². The number of rotatable bonds is 9. The average Bonchev–Trinajstić information content (AvgIpc) is 2.81. The third-order valence-electron chi connectivity index (χ3n) is 5.11. The highest BCUT2D eigenvalue weighted by molar-refractivity contribution is 7.87. The molecule has 9 heteroatoms. The van der Waals surface area contributed by atoms with Crippen LogP contribution in [0.5, 0.6) is 17.2 Å². The largest absolute Gasteiger partial charge is 0.493 e. The monoisotopic (exact) mass is 496 g/mol. The van der Waals surface area contributed by atoms with E-state index in [1.54, 1.807) is 31.2 Å².